The lowest BCUT2D eigenvalue weighted by Gasteiger charge is -2.18. The van der Waals surface area contributed by atoms with Crippen molar-refractivity contribution >= 4 is 34.4 Å². The van der Waals surface area contributed by atoms with Crippen LogP contribution in [-0.2, 0) is 5.41 Å². The molecule has 1 N–H and O–H groups in total. The zero-order valence-electron chi connectivity index (χ0n) is 14.3. The average molecular weight is 415 g/mol. The standard InChI is InChI=1S/C19H19BrN4S/c1-19(2,3)15-9-7-14(8-10-15)17-22-23-18(25)24(17)21-12-13-5-4-6-16(20)11-13/h4-12H,1-3H3,(H,23,25)/b21-12-. The maximum absolute atomic E-state index is 5.32. The van der Waals surface area contributed by atoms with E-state index in [1.807, 2.05) is 24.3 Å². The van der Waals surface area contributed by atoms with Crippen LogP contribution in [-0.4, -0.2) is 21.1 Å². The van der Waals surface area contributed by atoms with Gasteiger partial charge in [0.05, 0.1) is 6.21 Å². The van der Waals surface area contributed by atoms with Crippen LogP contribution in [0.2, 0.25) is 0 Å². The topological polar surface area (TPSA) is 46.0 Å². The van der Waals surface area contributed by atoms with E-state index in [4.69, 9.17) is 12.2 Å². The Balaban J connectivity index is 1.96. The Hall–Kier alpha value is -2.05. The Morgan fingerprint density at radius 1 is 1.16 bits per heavy atom. The van der Waals surface area contributed by atoms with E-state index in [0.29, 0.717) is 10.6 Å². The van der Waals surface area contributed by atoms with Crippen molar-refractivity contribution in [2.75, 3.05) is 0 Å². The number of rotatable bonds is 3. The smallest absolute Gasteiger partial charge is 0.216 e. The Morgan fingerprint density at radius 3 is 2.52 bits per heavy atom. The van der Waals surface area contributed by atoms with Gasteiger partial charge in [-0.25, -0.2) is 5.10 Å². The molecule has 0 fully saturated rings. The predicted molar refractivity (Wildman–Crippen MR) is 109 cm³/mol. The number of hydrogen-bond acceptors (Lipinski definition) is 3. The zero-order valence-corrected chi connectivity index (χ0v) is 16.7. The Kier molecular flexibility index (Phi) is 5.01. The van der Waals surface area contributed by atoms with Crippen molar-refractivity contribution in [2.24, 2.45) is 5.10 Å². The van der Waals surface area contributed by atoms with E-state index in [1.165, 1.54) is 5.56 Å². The molecule has 4 nitrogen and oxygen atoms in total. The van der Waals surface area contributed by atoms with Crippen LogP contribution in [0.5, 0.6) is 0 Å². The molecule has 2 aromatic carbocycles. The molecule has 0 aliphatic rings. The van der Waals surface area contributed by atoms with Crippen LogP contribution in [0, 0.1) is 4.77 Å². The maximum atomic E-state index is 5.32. The molecule has 0 radical (unpaired) electrons. The van der Waals surface area contributed by atoms with E-state index < -0.39 is 0 Å². The molecular weight excluding hydrogens is 396 g/mol. The molecule has 0 aliphatic carbocycles. The Labute approximate surface area is 160 Å². The number of nitrogens with zero attached hydrogens (tertiary/aromatic N) is 3. The zero-order chi connectivity index (χ0) is 18.0. The SMILES string of the molecule is CC(C)(C)c1ccc(-c2n[nH]c(=S)n2/N=C\c2cccc(Br)c2)cc1. The fourth-order valence-corrected chi connectivity index (χ4v) is 3.01. The van der Waals surface area contributed by atoms with Gasteiger partial charge < -0.3 is 0 Å². The Bertz CT molecular complexity index is 962. The first-order chi connectivity index (χ1) is 11.8. The quantitative estimate of drug-likeness (QED) is 0.450. The molecule has 0 saturated heterocycles. The summed E-state index contributed by atoms with van der Waals surface area (Å²) in [5.74, 6) is 0.691. The summed E-state index contributed by atoms with van der Waals surface area (Å²) in [6.07, 6.45) is 1.77. The van der Waals surface area contributed by atoms with Crippen LogP contribution in [0.15, 0.2) is 58.1 Å². The molecule has 3 aromatic rings. The van der Waals surface area contributed by atoms with Crippen LogP contribution in [0.1, 0.15) is 31.9 Å². The second-order valence-electron chi connectivity index (χ2n) is 6.79. The molecule has 0 unspecified atom stereocenters. The summed E-state index contributed by atoms with van der Waals surface area (Å²) >= 11 is 8.78. The summed E-state index contributed by atoms with van der Waals surface area (Å²) in [6.45, 7) is 6.58. The van der Waals surface area contributed by atoms with Crippen molar-refractivity contribution < 1.29 is 0 Å². The number of nitrogens with one attached hydrogen (secondary N) is 1. The van der Waals surface area contributed by atoms with E-state index in [2.05, 4.69) is 76.3 Å². The van der Waals surface area contributed by atoms with E-state index in [0.717, 1.165) is 15.6 Å². The average Bonchev–Trinajstić information content (AvgIpc) is 2.93. The van der Waals surface area contributed by atoms with Gasteiger partial charge in [0.15, 0.2) is 5.82 Å². The second kappa shape index (κ2) is 7.06. The number of aromatic amines is 1. The van der Waals surface area contributed by atoms with Gasteiger partial charge in [0.1, 0.15) is 0 Å². The van der Waals surface area contributed by atoms with Crippen LogP contribution >= 0.6 is 28.1 Å². The number of aromatic nitrogens is 3. The van der Waals surface area contributed by atoms with Crippen LogP contribution in [0.4, 0.5) is 0 Å². The fourth-order valence-electron chi connectivity index (χ4n) is 2.42. The molecule has 0 spiro atoms. The van der Waals surface area contributed by atoms with Gasteiger partial charge in [-0.2, -0.15) is 14.9 Å². The number of H-pyrrole nitrogens is 1. The lowest BCUT2D eigenvalue weighted by molar-refractivity contribution is 0.590. The molecule has 3 rings (SSSR count). The van der Waals surface area contributed by atoms with Gasteiger partial charge in [0, 0.05) is 10.0 Å². The Morgan fingerprint density at radius 2 is 1.88 bits per heavy atom. The van der Waals surface area contributed by atoms with Crippen LogP contribution in [0.25, 0.3) is 11.4 Å². The highest BCUT2D eigenvalue weighted by molar-refractivity contribution is 9.10. The molecule has 0 aliphatic heterocycles. The first-order valence-electron chi connectivity index (χ1n) is 7.93. The molecular formula is C19H19BrN4S. The highest BCUT2D eigenvalue weighted by Gasteiger charge is 2.14. The molecule has 0 amide bonds. The molecule has 25 heavy (non-hydrogen) atoms. The highest BCUT2D eigenvalue weighted by atomic mass is 79.9. The van der Waals surface area contributed by atoms with Gasteiger partial charge in [0.2, 0.25) is 4.77 Å². The summed E-state index contributed by atoms with van der Waals surface area (Å²) < 4.78 is 3.11. The van der Waals surface area contributed by atoms with E-state index in [9.17, 15) is 0 Å². The summed E-state index contributed by atoms with van der Waals surface area (Å²) in [7, 11) is 0. The molecule has 1 heterocycles. The predicted octanol–water partition coefficient (Wildman–Crippen LogP) is 5.55. The third kappa shape index (κ3) is 4.14. The largest absolute Gasteiger partial charge is 0.250 e. The minimum absolute atomic E-state index is 0.113. The number of hydrogen-bond donors (Lipinski definition) is 1. The summed E-state index contributed by atoms with van der Waals surface area (Å²) in [4.78, 5) is 0. The molecule has 0 saturated carbocycles. The van der Waals surface area contributed by atoms with Crippen LogP contribution in [0.3, 0.4) is 0 Å². The highest BCUT2D eigenvalue weighted by Crippen LogP contribution is 2.25. The molecule has 6 heteroatoms. The fraction of sp³-hybridized carbons (Fsp3) is 0.211. The first-order valence-corrected chi connectivity index (χ1v) is 9.13. The third-order valence-corrected chi connectivity index (χ3v) is 4.59. The molecule has 128 valence electrons. The summed E-state index contributed by atoms with van der Waals surface area (Å²) in [5, 5.41) is 11.6. The van der Waals surface area contributed by atoms with E-state index >= 15 is 0 Å². The lowest BCUT2D eigenvalue weighted by Crippen LogP contribution is -2.10. The monoisotopic (exact) mass is 414 g/mol. The van der Waals surface area contributed by atoms with Crippen molar-refractivity contribution in [3.05, 3.63) is 68.9 Å². The molecule has 1 aromatic heterocycles. The number of benzene rings is 2. The van der Waals surface area contributed by atoms with E-state index in [-0.39, 0.29) is 5.41 Å². The minimum atomic E-state index is 0.113. The van der Waals surface area contributed by atoms with E-state index in [1.54, 1.807) is 10.9 Å². The van der Waals surface area contributed by atoms with Crippen LogP contribution < -0.4 is 0 Å². The van der Waals surface area contributed by atoms with Crippen molar-refractivity contribution in [3.8, 4) is 11.4 Å². The molecule has 0 bridgehead atoms. The van der Waals surface area contributed by atoms with Crippen molar-refractivity contribution in [1.82, 2.24) is 14.9 Å². The molecule has 0 atom stereocenters. The van der Waals surface area contributed by atoms with Gasteiger partial charge in [-0.1, -0.05) is 73.1 Å². The van der Waals surface area contributed by atoms with Gasteiger partial charge in [-0.15, -0.1) is 0 Å². The van der Waals surface area contributed by atoms with Crippen molar-refractivity contribution in [3.63, 3.8) is 0 Å². The third-order valence-electron chi connectivity index (χ3n) is 3.83. The van der Waals surface area contributed by atoms with Crippen molar-refractivity contribution in [2.45, 2.75) is 26.2 Å². The van der Waals surface area contributed by atoms with Gasteiger partial charge in [-0.3, -0.25) is 0 Å². The second-order valence-corrected chi connectivity index (χ2v) is 8.09. The first kappa shape index (κ1) is 17.8. The van der Waals surface area contributed by atoms with Gasteiger partial charge in [0.25, 0.3) is 0 Å². The number of halogens is 1. The minimum Gasteiger partial charge on any atom is -0.250 e. The summed E-state index contributed by atoms with van der Waals surface area (Å²) in [6, 6.07) is 16.3. The van der Waals surface area contributed by atoms with Gasteiger partial charge in [-0.05, 0) is 40.9 Å². The lowest BCUT2D eigenvalue weighted by atomic mass is 9.87. The maximum Gasteiger partial charge on any atom is 0.216 e. The van der Waals surface area contributed by atoms with Gasteiger partial charge >= 0.3 is 0 Å². The van der Waals surface area contributed by atoms with Crippen molar-refractivity contribution in [1.29, 1.82) is 0 Å². The normalized spacial score (nSPS) is 12.0. The summed E-state index contributed by atoms with van der Waals surface area (Å²) in [5.41, 5.74) is 3.33.